The number of aliphatic carboxylic acids is 1. The molecule has 1 atom stereocenters. The summed E-state index contributed by atoms with van der Waals surface area (Å²) < 4.78 is 0. The van der Waals surface area contributed by atoms with Crippen molar-refractivity contribution in [3.8, 4) is 0 Å². The number of hydrogen-bond donors (Lipinski definition) is 1. The number of carbonyl (C=O) groups is 2. The largest absolute Gasteiger partial charge is 0.475 e. The van der Waals surface area contributed by atoms with Gasteiger partial charge >= 0.3 is 5.97 Å². The van der Waals surface area contributed by atoms with Gasteiger partial charge in [-0.25, -0.2) is 4.79 Å². The predicted molar refractivity (Wildman–Crippen MR) is 73.7 cm³/mol. The lowest BCUT2D eigenvalue weighted by molar-refractivity contribution is -0.148. The third-order valence-corrected chi connectivity index (χ3v) is 3.21. The fourth-order valence-corrected chi connectivity index (χ4v) is 2.16. The van der Waals surface area contributed by atoms with E-state index in [4.69, 9.17) is 5.11 Å². The number of ketones is 1. The highest BCUT2D eigenvalue weighted by Crippen LogP contribution is 2.27. The average Bonchev–Trinajstić information content (AvgIpc) is 2.39. The molecule has 0 aliphatic heterocycles. The normalized spacial score (nSPS) is 17.9. The van der Waals surface area contributed by atoms with Crippen molar-refractivity contribution in [3.63, 3.8) is 0 Å². The van der Waals surface area contributed by atoms with Gasteiger partial charge in [-0.15, -0.1) is 0 Å². The van der Waals surface area contributed by atoms with E-state index in [1.807, 2.05) is 24.3 Å². The van der Waals surface area contributed by atoms with Crippen LogP contribution in [0.4, 0.5) is 0 Å². The van der Waals surface area contributed by atoms with Gasteiger partial charge in [0, 0.05) is 6.42 Å². The molecule has 19 heavy (non-hydrogen) atoms. The smallest absolute Gasteiger partial charge is 0.372 e. The highest BCUT2D eigenvalue weighted by Gasteiger charge is 2.13. The van der Waals surface area contributed by atoms with Gasteiger partial charge in [0.2, 0.25) is 5.78 Å². The number of rotatable bonds is 4. The molecule has 0 aromatic heterocycles. The SMILES string of the molecule is C[C@@H]1C=CC=C(c2ccc(CC(=O)C(=O)O)cc2)C1. The fourth-order valence-electron chi connectivity index (χ4n) is 2.16. The number of carboxylic acid groups (broad SMARTS) is 1. The molecular weight excluding hydrogens is 240 g/mol. The highest BCUT2D eigenvalue weighted by molar-refractivity contribution is 6.33. The standard InChI is InChI=1S/C16H16O3/c1-11-3-2-4-14(9-11)13-7-5-12(6-8-13)10-15(17)16(18)19/h2-8,11H,9-10H2,1H3,(H,18,19)/t11-/m1/s1. The maximum atomic E-state index is 11.1. The molecule has 0 spiro atoms. The van der Waals surface area contributed by atoms with Crippen molar-refractivity contribution in [2.75, 3.05) is 0 Å². The molecule has 1 N–H and O–H groups in total. The zero-order chi connectivity index (χ0) is 13.8. The zero-order valence-electron chi connectivity index (χ0n) is 10.8. The molecule has 0 heterocycles. The number of Topliss-reactive ketones (excluding diaryl/α,β-unsaturated/α-hetero) is 1. The van der Waals surface area contributed by atoms with Crippen LogP contribution in [-0.4, -0.2) is 16.9 Å². The fraction of sp³-hybridized carbons (Fsp3) is 0.250. The Balaban J connectivity index is 2.11. The van der Waals surface area contributed by atoms with Crippen LogP contribution >= 0.6 is 0 Å². The van der Waals surface area contributed by atoms with E-state index in [2.05, 4.69) is 25.2 Å². The minimum Gasteiger partial charge on any atom is -0.475 e. The summed E-state index contributed by atoms with van der Waals surface area (Å²) in [5.41, 5.74) is 3.13. The second kappa shape index (κ2) is 5.65. The summed E-state index contributed by atoms with van der Waals surface area (Å²) in [6, 6.07) is 7.53. The molecule has 0 unspecified atom stereocenters. The first-order valence-corrected chi connectivity index (χ1v) is 6.29. The van der Waals surface area contributed by atoms with E-state index in [1.165, 1.54) is 5.57 Å². The van der Waals surface area contributed by atoms with Gasteiger partial charge < -0.3 is 5.11 Å². The molecule has 0 fully saturated rings. The molecule has 0 saturated carbocycles. The first-order chi connectivity index (χ1) is 9.06. The molecule has 2 rings (SSSR count). The van der Waals surface area contributed by atoms with Crippen molar-refractivity contribution >= 4 is 17.3 Å². The lowest BCUT2D eigenvalue weighted by Gasteiger charge is -2.15. The molecule has 0 amide bonds. The van der Waals surface area contributed by atoms with E-state index in [9.17, 15) is 9.59 Å². The summed E-state index contributed by atoms with van der Waals surface area (Å²) >= 11 is 0. The van der Waals surface area contributed by atoms with Crippen LogP contribution in [-0.2, 0) is 16.0 Å². The summed E-state index contributed by atoms with van der Waals surface area (Å²) in [7, 11) is 0. The van der Waals surface area contributed by atoms with Crippen LogP contribution in [0.15, 0.2) is 42.5 Å². The minimum absolute atomic E-state index is 0.0506. The first kappa shape index (κ1) is 13.3. The topological polar surface area (TPSA) is 54.4 Å². The second-order valence-electron chi connectivity index (χ2n) is 4.86. The molecule has 98 valence electrons. The Hall–Kier alpha value is -2.16. The van der Waals surface area contributed by atoms with E-state index in [1.54, 1.807) is 0 Å². The minimum atomic E-state index is -1.38. The Morgan fingerprint density at radius 1 is 1.26 bits per heavy atom. The van der Waals surface area contributed by atoms with Crippen molar-refractivity contribution in [1.82, 2.24) is 0 Å². The predicted octanol–water partition coefficient (Wildman–Crippen LogP) is 2.86. The number of benzene rings is 1. The summed E-state index contributed by atoms with van der Waals surface area (Å²) in [4.78, 5) is 21.6. The summed E-state index contributed by atoms with van der Waals surface area (Å²) in [6.07, 6.45) is 7.28. The molecule has 1 aromatic rings. The van der Waals surface area contributed by atoms with Gasteiger partial charge in [0.15, 0.2) is 0 Å². The Labute approximate surface area is 112 Å². The molecule has 1 aromatic carbocycles. The molecule has 0 saturated heterocycles. The molecule has 0 bridgehead atoms. The van der Waals surface area contributed by atoms with Gasteiger partial charge in [0.05, 0.1) is 0 Å². The Morgan fingerprint density at radius 3 is 2.53 bits per heavy atom. The molecule has 3 nitrogen and oxygen atoms in total. The third-order valence-electron chi connectivity index (χ3n) is 3.21. The molecule has 3 heteroatoms. The van der Waals surface area contributed by atoms with E-state index in [0.29, 0.717) is 5.92 Å². The van der Waals surface area contributed by atoms with Gasteiger partial charge in [0.1, 0.15) is 0 Å². The maximum absolute atomic E-state index is 11.1. The lowest BCUT2D eigenvalue weighted by atomic mass is 9.90. The Morgan fingerprint density at radius 2 is 1.95 bits per heavy atom. The van der Waals surface area contributed by atoms with Gasteiger partial charge in [-0.1, -0.05) is 49.4 Å². The van der Waals surface area contributed by atoms with Gasteiger partial charge in [-0.2, -0.15) is 0 Å². The van der Waals surface area contributed by atoms with E-state index in [-0.39, 0.29) is 6.42 Å². The Kier molecular flexibility index (Phi) is 3.95. The second-order valence-corrected chi connectivity index (χ2v) is 4.86. The van der Waals surface area contributed by atoms with Crippen LogP contribution in [0.25, 0.3) is 5.57 Å². The van der Waals surface area contributed by atoms with Crippen LogP contribution in [0.1, 0.15) is 24.5 Å². The van der Waals surface area contributed by atoms with Crippen LogP contribution in [0.3, 0.4) is 0 Å². The third kappa shape index (κ3) is 3.41. The average molecular weight is 256 g/mol. The van der Waals surface area contributed by atoms with Crippen LogP contribution in [0.5, 0.6) is 0 Å². The van der Waals surface area contributed by atoms with Crippen LogP contribution in [0, 0.1) is 5.92 Å². The van der Waals surface area contributed by atoms with Crippen molar-refractivity contribution in [1.29, 1.82) is 0 Å². The number of hydrogen-bond acceptors (Lipinski definition) is 2. The quantitative estimate of drug-likeness (QED) is 0.843. The van der Waals surface area contributed by atoms with E-state index < -0.39 is 11.8 Å². The summed E-state index contributed by atoms with van der Waals surface area (Å²) in [6.45, 7) is 2.17. The molecular formula is C16H16O3. The zero-order valence-corrected chi connectivity index (χ0v) is 10.8. The lowest BCUT2D eigenvalue weighted by Crippen LogP contribution is -2.14. The maximum Gasteiger partial charge on any atom is 0.372 e. The highest BCUT2D eigenvalue weighted by atomic mass is 16.4. The summed E-state index contributed by atoms with van der Waals surface area (Å²) in [5, 5.41) is 8.56. The van der Waals surface area contributed by atoms with Crippen molar-refractivity contribution in [3.05, 3.63) is 53.6 Å². The molecule has 1 aliphatic rings. The number of carboxylic acids is 1. The van der Waals surface area contributed by atoms with Crippen LogP contribution in [0.2, 0.25) is 0 Å². The number of allylic oxidation sites excluding steroid dienone is 4. The van der Waals surface area contributed by atoms with Crippen LogP contribution < -0.4 is 0 Å². The monoisotopic (exact) mass is 256 g/mol. The van der Waals surface area contributed by atoms with Crippen molar-refractivity contribution < 1.29 is 14.7 Å². The first-order valence-electron chi connectivity index (χ1n) is 6.29. The van der Waals surface area contributed by atoms with Crippen molar-refractivity contribution in [2.45, 2.75) is 19.8 Å². The Bertz CT molecular complexity index is 550. The molecule has 1 aliphatic carbocycles. The van der Waals surface area contributed by atoms with E-state index in [0.717, 1.165) is 17.5 Å². The van der Waals surface area contributed by atoms with Crippen molar-refractivity contribution in [2.24, 2.45) is 5.92 Å². The van der Waals surface area contributed by atoms with Gasteiger partial charge in [-0.3, -0.25) is 4.79 Å². The van der Waals surface area contributed by atoms with E-state index >= 15 is 0 Å². The van der Waals surface area contributed by atoms with Gasteiger partial charge in [-0.05, 0) is 29.0 Å². The van der Waals surface area contributed by atoms with Gasteiger partial charge in [0.25, 0.3) is 0 Å². The molecule has 0 radical (unpaired) electrons. The summed E-state index contributed by atoms with van der Waals surface area (Å²) in [5.74, 6) is -1.62. The number of carbonyl (C=O) groups excluding carboxylic acids is 1.